The molecule has 1 heterocycles. The molecule has 55 heavy (non-hydrogen) atoms. The van der Waals surface area contributed by atoms with Crippen molar-refractivity contribution in [1.82, 2.24) is 0 Å². The van der Waals surface area contributed by atoms with Gasteiger partial charge >= 0.3 is 0 Å². The first-order valence-corrected chi connectivity index (χ1v) is 19.9. The standard InChI is InChI=1S/C53H37NS/c1-53(2)45-21-9-7-18-43(45)51-46(53)22-12-23-47(51)54(38-29-25-35(26-30-38)41-20-11-15-34-13-3-5-16-40(34)41)39-31-27-36(28-32-39)50-42-17-6-4-14-37(42)33-49-52(50)44-19-8-10-24-48(44)55-49/h3-33H,1-2H3. The van der Waals surface area contributed by atoms with Crippen LogP contribution in [0, 0.1) is 0 Å². The molecule has 1 aliphatic carbocycles. The molecule has 11 rings (SSSR count). The van der Waals surface area contributed by atoms with Gasteiger partial charge in [0.25, 0.3) is 0 Å². The summed E-state index contributed by atoms with van der Waals surface area (Å²) >= 11 is 1.89. The molecule has 0 spiro atoms. The van der Waals surface area contributed by atoms with Crippen molar-refractivity contribution < 1.29 is 0 Å². The summed E-state index contributed by atoms with van der Waals surface area (Å²) in [6.07, 6.45) is 0. The van der Waals surface area contributed by atoms with Gasteiger partial charge in [0.15, 0.2) is 0 Å². The highest BCUT2D eigenvalue weighted by Gasteiger charge is 2.37. The van der Waals surface area contributed by atoms with Crippen LogP contribution >= 0.6 is 11.3 Å². The van der Waals surface area contributed by atoms with Gasteiger partial charge in [-0.25, -0.2) is 0 Å². The number of nitrogens with zero attached hydrogens (tertiary/aromatic N) is 1. The van der Waals surface area contributed by atoms with Crippen LogP contribution in [0.4, 0.5) is 17.1 Å². The van der Waals surface area contributed by atoms with Gasteiger partial charge in [0.05, 0.1) is 5.69 Å². The summed E-state index contributed by atoms with van der Waals surface area (Å²) in [4.78, 5) is 2.46. The second-order valence-corrected chi connectivity index (χ2v) is 16.4. The highest BCUT2D eigenvalue weighted by molar-refractivity contribution is 7.26. The third kappa shape index (κ3) is 4.92. The molecule has 1 nitrogen and oxygen atoms in total. The summed E-state index contributed by atoms with van der Waals surface area (Å²) in [6, 6.07) is 69.6. The molecule has 0 N–H and O–H groups in total. The van der Waals surface area contributed by atoms with Crippen LogP contribution in [0.25, 0.3) is 75.1 Å². The van der Waals surface area contributed by atoms with Crippen molar-refractivity contribution in [2.24, 2.45) is 0 Å². The van der Waals surface area contributed by atoms with Gasteiger partial charge in [-0.1, -0.05) is 159 Å². The molecule has 0 aliphatic heterocycles. The van der Waals surface area contributed by atoms with Crippen LogP contribution in [0.2, 0.25) is 0 Å². The van der Waals surface area contributed by atoms with Gasteiger partial charge in [0, 0.05) is 42.5 Å². The van der Waals surface area contributed by atoms with E-state index < -0.39 is 0 Å². The number of hydrogen-bond acceptors (Lipinski definition) is 2. The Morgan fingerprint density at radius 3 is 1.80 bits per heavy atom. The van der Waals surface area contributed by atoms with E-state index in [2.05, 4.69) is 207 Å². The van der Waals surface area contributed by atoms with Crippen molar-refractivity contribution in [3.63, 3.8) is 0 Å². The van der Waals surface area contributed by atoms with E-state index in [0.29, 0.717) is 0 Å². The van der Waals surface area contributed by atoms with Crippen molar-refractivity contribution in [3.8, 4) is 33.4 Å². The van der Waals surface area contributed by atoms with Crippen LogP contribution in [0.5, 0.6) is 0 Å². The van der Waals surface area contributed by atoms with Gasteiger partial charge in [-0.3, -0.25) is 0 Å². The van der Waals surface area contributed by atoms with Crippen molar-refractivity contribution >= 4 is 70.1 Å². The normalized spacial score (nSPS) is 13.1. The minimum absolute atomic E-state index is 0.0985. The van der Waals surface area contributed by atoms with Gasteiger partial charge in [0.2, 0.25) is 0 Å². The summed E-state index contributed by atoms with van der Waals surface area (Å²) in [5.74, 6) is 0. The third-order valence-corrected chi connectivity index (χ3v) is 13.0. The first-order chi connectivity index (χ1) is 27.0. The van der Waals surface area contributed by atoms with Crippen molar-refractivity contribution in [2.75, 3.05) is 4.90 Å². The van der Waals surface area contributed by atoms with Gasteiger partial charge < -0.3 is 4.90 Å². The minimum Gasteiger partial charge on any atom is -0.310 e. The Hall–Kier alpha value is -6.48. The number of thiophene rings is 1. The number of hydrogen-bond donors (Lipinski definition) is 0. The van der Waals surface area contributed by atoms with Crippen molar-refractivity contribution in [2.45, 2.75) is 19.3 Å². The van der Waals surface area contributed by atoms with Gasteiger partial charge in [-0.05, 0) is 103 Å². The van der Waals surface area contributed by atoms with E-state index in [1.165, 1.54) is 91.9 Å². The van der Waals surface area contributed by atoms with E-state index in [1.807, 2.05) is 11.3 Å². The van der Waals surface area contributed by atoms with E-state index in [4.69, 9.17) is 0 Å². The number of fused-ring (bicyclic) bond motifs is 8. The summed E-state index contributed by atoms with van der Waals surface area (Å²) < 4.78 is 2.65. The van der Waals surface area contributed by atoms with Crippen LogP contribution in [0.1, 0.15) is 25.0 Å². The molecule has 0 fully saturated rings. The van der Waals surface area contributed by atoms with E-state index in [-0.39, 0.29) is 5.41 Å². The van der Waals surface area contributed by atoms with Gasteiger partial charge in [-0.15, -0.1) is 11.3 Å². The average Bonchev–Trinajstić information content (AvgIpc) is 3.72. The first kappa shape index (κ1) is 32.0. The fraction of sp³-hybridized carbons (Fsp3) is 0.0566. The fourth-order valence-corrected chi connectivity index (χ4v) is 10.4. The number of benzene rings is 9. The van der Waals surface area contributed by atoms with E-state index >= 15 is 0 Å². The Bertz CT molecular complexity index is 3110. The monoisotopic (exact) mass is 719 g/mol. The molecule has 0 amide bonds. The average molecular weight is 720 g/mol. The molecule has 10 aromatic rings. The van der Waals surface area contributed by atoms with Crippen LogP contribution in [-0.2, 0) is 5.41 Å². The van der Waals surface area contributed by atoms with Gasteiger partial charge in [0.1, 0.15) is 0 Å². The van der Waals surface area contributed by atoms with Crippen LogP contribution < -0.4 is 4.90 Å². The van der Waals surface area contributed by atoms with Crippen LogP contribution in [0.15, 0.2) is 188 Å². The summed E-state index contributed by atoms with van der Waals surface area (Å²) in [5.41, 5.74) is 13.7. The SMILES string of the molecule is CC1(C)c2ccccc2-c2c(N(c3ccc(-c4cccc5ccccc45)cc3)c3ccc(-c4c5ccccc5cc5sc6ccccc6c45)cc3)cccc21. The Labute approximate surface area is 325 Å². The Morgan fingerprint density at radius 1 is 0.418 bits per heavy atom. The zero-order chi connectivity index (χ0) is 36.7. The maximum atomic E-state index is 2.46. The molecule has 0 bridgehead atoms. The fourth-order valence-electron chi connectivity index (χ4n) is 9.24. The molecule has 0 saturated heterocycles. The minimum atomic E-state index is -0.0985. The molecule has 0 saturated carbocycles. The van der Waals surface area contributed by atoms with Crippen molar-refractivity contribution in [1.29, 1.82) is 0 Å². The molecule has 9 aromatic carbocycles. The largest absolute Gasteiger partial charge is 0.310 e. The number of rotatable bonds is 5. The van der Waals surface area contributed by atoms with Crippen LogP contribution in [0.3, 0.4) is 0 Å². The molecule has 1 aliphatic rings. The Morgan fingerprint density at radius 2 is 1.00 bits per heavy atom. The Kier molecular flexibility index (Phi) is 7.14. The maximum absolute atomic E-state index is 2.46. The maximum Gasteiger partial charge on any atom is 0.0543 e. The van der Waals surface area contributed by atoms with Gasteiger partial charge in [-0.2, -0.15) is 0 Å². The summed E-state index contributed by atoms with van der Waals surface area (Å²) in [6.45, 7) is 4.72. The molecule has 0 radical (unpaired) electrons. The summed E-state index contributed by atoms with van der Waals surface area (Å²) in [5, 5.41) is 7.74. The van der Waals surface area contributed by atoms with Crippen molar-refractivity contribution in [3.05, 3.63) is 199 Å². The zero-order valence-electron chi connectivity index (χ0n) is 30.8. The smallest absolute Gasteiger partial charge is 0.0543 e. The second kappa shape index (κ2) is 12.3. The van der Waals surface area contributed by atoms with E-state index in [0.717, 1.165) is 11.4 Å². The molecular weight excluding hydrogens is 683 g/mol. The van der Waals surface area contributed by atoms with E-state index in [9.17, 15) is 0 Å². The highest BCUT2D eigenvalue weighted by Crippen LogP contribution is 2.54. The second-order valence-electron chi connectivity index (χ2n) is 15.3. The number of anilines is 3. The predicted octanol–water partition coefficient (Wildman–Crippen LogP) is 15.5. The first-order valence-electron chi connectivity index (χ1n) is 19.1. The molecule has 2 heteroatoms. The summed E-state index contributed by atoms with van der Waals surface area (Å²) in [7, 11) is 0. The predicted molar refractivity (Wildman–Crippen MR) is 237 cm³/mol. The lowest BCUT2D eigenvalue weighted by molar-refractivity contribution is 0.660. The molecule has 260 valence electrons. The molecule has 1 aromatic heterocycles. The lowest BCUT2D eigenvalue weighted by Crippen LogP contribution is -2.16. The Balaban J connectivity index is 1.11. The van der Waals surface area contributed by atoms with Crippen LogP contribution in [-0.4, -0.2) is 0 Å². The quantitative estimate of drug-likeness (QED) is 0.171. The topological polar surface area (TPSA) is 3.24 Å². The third-order valence-electron chi connectivity index (χ3n) is 11.9. The molecule has 0 unspecified atom stereocenters. The lowest BCUT2D eigenvalue weighted by Gasteiger charge is -2.29. The molecule has 0 atom stereocenters. The zero-order valence-corrected chi connectivity index (χ0v) is 31.6. The highest BCUT2D eigenvalue weighted by atomic mass is 32.1. The lowest BCUT2D eigenvalue weighted by atomic mass is 9.82. The van der Waals surface area contributed by atoms with E-state index in [1.54, 1.807) is 0 Å². The molecular formula is C53H37NS.